The molecule has 186 valence electrons. The van der Waals surface area contributed by atoms with Gasteiger partial charge in [-0.15, -0.1) is 0 Å². The highest BCUT2D eigenvalue weighted by Crippen LogP contribution is 2.28. The van der Waals surface area contributed by atoms with Crippen LogP contribution in [0.1, 0.15) is 23.6 Å². The molecule has 3 N–H and O–H groups in total. The summed E-state index contributed by atoms with van der Waals surface area (Å²) in [6.45, 7) is 1.85. The highest BCUT2D eigenvalue weighted by Gasteiger charge is 2.12. The summed E-state index contributed by atoms with van der Waals surface area (Å²) in [5.41, 5.74) is 2.23. The Hall–Kier alpha value is -4.37. The van der Waals surface area contributed by atoms with E-state index in [1.54, 1.807) is 48.5 Å². The summed E-state index contributed by atoms with van der Waals surface area (Å²) >= 11 is 5.03. The molecular weight excluding hydrogens is 480 g/mol. The molecule has 0 spiro atoms. The molecule has 1 amide bonds. The highest BCUT2D eigenvalue weighted by atomic mass is 32.1. The van der Waals surface area contributed by atoms with E-state index in [4.69, 9.17) is 26.4 Å². The molecule has 0 saturated heterocycles. The lowest BCUT2D eigenvalue weighted by atomic mass is 10.0. The zero-order valence-corrected chi connectivity index (χ0v) is 20.8. The number of methoxy groups -OCH3 is 2. The van der Waals surface area contributed by atoms with E-state index in [0.717, 1.165) is 5.56 Å². The van der Waals surface area contributed by atoms with E-state index in [9.17, 15) is 14.7 Å². The summed E-state index contributed by atoms with van der Waals surface area (Å²) in [6.07, 6.45) is 1.56. The van der Waals surface area contributed by atoms with Gasteiger partial charge in [0.2, 0.25) is 5.91 Å². The van der Waals surface area contributed by atoms with Crippen LogP contribution in [0.3, 0.4) is 0 Å². The van der Waals surface area contributed by atoms with Gasteiger partial charge in [0.05, 0.1) is 19.8 Å². The first kappa shape index (κ1) is 26.2. The number of benzene rings is 3. The smallest absolute Gasteiger partial charge is 0.336 e. The fourth-order valence-electron chi connectivity index (χ4n) is 3.25. The average molecular weight is 507 g/mol. The normalized spacial score (nSPS) is 10.8. The Bertz CT molecular complexity index is 1250. The SMILES string of the molecule is COc1cc(/C=C(\C(=O)O)c2ccc(Oc3ccc(CNC(=S)NC(C)=O)cc3)cc2)cc(OC)c1. The Balaban J connectivity index is 1.70. The van der Waals surface area contributed by atoms with E-state index in [1.165, 1.54) is 21.1 Å². The molecule has 8 nitrogen and oxygen atoms in total. The number of aliphatic carboxylic acids is 1. The minimum atomic E-state index is -1.06. The largest absolute Gasteiger partial charge is 0.497 e. The fourth-order valence-corrected chi connectivity index (χ4v) is 3.46. The van der Waals surface area contributed by atoms with Crippen LogP contribution in [0, 0.1) is 0 Å². The van der Waals surface area contributed by atoms with Crippen LogP contribution in [0.5, 0.6) is 23.0 Å². The van der Waals surface area contributed by atoms with Gasteiger partial charge in [0, 0.05) is 19.5 Å². The Labute approximate surface area is 214 Å². The Morgan fingerprint density at radius 2 is 1.44 bits per heavy atom. The maximum absolute atomic E-state index is 12.0. The number of hydrogen-bond acceptors (Lipinski definition) is 6. The first-order chi connectivity index (χ1) is 17.3. The number of carboxylic acid groups (broad SMARTS) is 1. The Kier molecular flexibility index (Phi) is 9.01. The molecular formula is C27H26N2O6S. The molecule has 0 atom stereocenters. The molecule has 36 heavy (non-hydrogen) atoms. The van der Waals surface area contributed by atoms with Crippen LogP contribution >= 0.6 is 12.2 Å². The van der Waals surface area contributed by atoms with Crippen LogP contribution in [-0.4, -0.2) is 36.3 Å². The predicted octanol–water partition coefficient (Wildman–Crippen LogP) is 4.63. The highest BCUT2D eigenvalue weighted by molar-refractivity contribution is 7.80. The van der Waals surface area contributed by atoms with Gasteiger partial charge in [0.25, 0.3) is 0 Å². The van der Waals surface area contributed by atoms with Crippen molar-refractivity contribution < 1.29 is 28.9 Å². The van der Waals surface area contributed by atoms with Crippen LogP contribution in [0.15, 0.2) is 66.7 Å². The van der Waals surface area contributed by atoms with Crippen molar-refractivity contribution in [1.82, 2.24) is 10.6 Å². The number of thiocarbonyl (C=S) groups is 1. The summed E-state index contributed by atoms with van der Waals surface area (Å²) in [6, 6.07) is 19.3. The maximum Gasteiger partial charge on any atom is 0.336 e. The van der Waals surface area contributed by atoms with Gasteiger partial charge in [0.15, 0.2) is 5.11 Å². The molecule has 0 heterocycles. The van der Waals surface area contributed by atoms with E-state index in [1.807, 2.05) is 24.3 Å². The van der Waals surface area contributed by atoms with Crippen molar-refractivity contribution in [2.24, 2.45) is 0 Å². The minimum absolute atomic E-state index is 0.117. The quantitative estimate of drug-likeness (QED) is 0.219. The summed E-state index contributed by atoms with van der Waals surface area (Å²) in [5.74, 6) is 1.01. The van der Waals surface area contributed by atoms with E-state index in [2.05, 4.69) is 10.6 Å². The van der Waals surface area contributed by atoms with Gasteiger partial charge >= 0.3 is 5.97 Å². The standard InChI is InChI=1S/C27H26N2O6S/c1-17(30)29-27(36)28-16-18-4-8-21(9-5-18)35-22-10-6-20(7-11-22)25(26(31)32)14-19-12-23(33-2)15-24(13-19)34-3/h4-15H,16H2,1-3H3,(H,31,32)(H2,28,29,30,36)/b25-14-. The fraction of sp³-hybridized carbons (Fsp3) is 0.148. The molecule has 3 aromatic carbocycles. The van der Waals surface area contributed by atoms with E-state index in [-0.39, 0.29) is 16.6 Å². The van der Waals surface area contributed by atoms with Crippen LogP contribution in [-0.2, 0) is 16.1 Å². The van der Waals surface area contributed by atoms with Gasteiger partial charge in [-0.2, -0.15) is 0 Å². The van der Waals surface area contributed by atoms with Gasteiger partial charge in [-0.25, -0.2) is 4.79 Å². The number of carbonyl (C=O) groups excluding carboxylic acids is 1. The third kappa shape index (κ3) is 7.57. The van der Waals surface area contributed by atoms with Crippen molar-refractivity contribution in [2.75, 3.05) is 14.2 Å². The number of rotatable bonds is 9. The Morgan fingerprint density at radius 3 is 1.94 bits per heavy atom. The number of carbonyl (C=O) groups is 2. The van der Waals surface area contributed by atoms with Crippen LogP contribution in [0.2, 0.25) is 0 Å². The number of ether oxygens (including phenoxy) is 3. The van der Waals surface area contributed by atoms with E-state index < -0.39 is 5.97 Å². The lowest BCUT2D eigenvalue weighted by molar-refractivity contribution is -0.130. The van der Waals surface area contributed by atoms with Crippen LogP contribution in [0.4, 0.5) is 0 Å². The molecule has 0 fully saturated rings. The third-order valence-electron chi connectivity index (χ3n) is 4.98. The molecule has 3 rings (SSSR count). The first-order valence-electron chi connectivity index (χ1n) is 10.9. The number of nitrogens with one attached hydrogen (secondary N) is 2. The van der Waals surface area contributed by atoms with E-state index >= 15 is 0 Å². The van der Waals surface area contributed by atoms with Gasteiger partial charge < -0.3 is 30.0 Å². The van der Waals surface area contributed by atoms with Gasteiger partial charge in [-0.3, -0.25) is 4.79 Å². The third-order valence-corrected chi connectivity index (χ3v) is 5.23. The minimum Gasteiger partial charge on any atom is -0.497 e. The molecule has 3 aromatic rings. The maximum atomic E-state index is 12.0. The topological polar surface area (TPSA) is 106 Å². The lowest BCUT2D eigenvalue weighted by Crippen LogP contribution is -2.37. The van der Waals surface area contributed by atoms with E-state index in [0.29, 0.717) is 40.7 Å². The van der Waals surface area contributed by atoms with Crippen molar-refractivity contribution in [3.8, 4) is 23.0 Å². The van der Waals surface area contributed by atoms with Crippen molar-refractivity contribution in [3.05, 3.63) is 83.4 Å². The second-order valence-corrected chi connectivity index (χ2v) is 8.05. The van der Waals surface area contributed by atoms with Crippen molar-refractivity contribution in [3.63, 3.8) is 0 Å². The molecule has 0 aliphatic rings. The van der Waals surface area contributed by atoms with Gasteiger partial charge in [-0.05, 0) is 71.4 Å². The molecule has 0 aliphatic carbocycles. The average Bonchev–Trinajstić information content (AvgIpc) is 2.86. The molecule has 0 bridgehead atoms. The molecule has 0 aliphatic heterocycles. The predicted molar refractivity (Wildman–Crippen MR) is 141 cm³/mol. The number of amides is 1. The van der Waals surface area contributed by atoms with Crippen molar-refractivity contribution in [1.29, 1.82) is 0 Å². The second kappa shape index (κ2) is 12.4. The van der Waals surface area contributed by atoms with Gasteiger partial charge in [0.1, 0.15) is 23.0 Å². The molecule has 0 radical (unpaired) electrons. The molecule has 0 saturated carbocycles. The molecule has 0 aromatic heterocycles. The molecule has 9 heteroatoms. The zero-order chi connectivity index (χ0) is 26.1. The van der Waals surface area contributed by atoms with Crippen molar-refractivity contribution in [2.45, 2.75) is 13.5 Å². The lowest BCUT2D eigenvalue weighted by Gasteiger charge is -2.10. The summed E-state index contributed by atoms with van der Waals surface area (Å²) in [7, 11) is 3.07. The second-order valence-electron chi connectivity index (χ2n) is 7.64. The Morgan fingerprint density at radius 1 is 0.889 bits per heavy atom. The summed E-state index contributed by atoms with van der Waals surface area (Å²) in [4.78, 5) is 23.0. The summed E-state index contributed by atoms with van der Waals surface area (Å²) in [5, 5.41) is 15.5. The monoisotopic (exact) mass is 506 g/mol. The first-order valence-corrected chi connectivity index (χ1v) is 11.3. The van der Waals surface area contributed by atoms with Crippen LogP contribution < -0.4 is 24.8 Å². The van der Waals surface area contributed by atoms with Crippen molar-refractivity contribution >= 4 is 40.9 Å². The number of carboxylic acids is 1. The zero-order valence-electron chi connectivity index (χ0n) is 20.0. The molecule has 0 unspecified atom stereocenters. The van der Waals surface area contributed by atoms with Gasteiger partial charge in [-0.1, -0.05) is 24.3 Å². The van der Waals surface area contributed by atoms with Crippen LogP contribution in [0.25, 0.3) is 11.6 Å². The summed E-state index contributed by atoms with van der Waals surface area (Å²) < 4.78 is 16.4. The number of hydrogen-bond donors (Lipinski definition) is 3.